The van der Waals surface area contributed by atoms with Crippen LogP contribution in [0.15, 0.2) is 12.2 Å². The Kier molecular flexibility index (Phi) is 15.5. The van der Waals surface area contributed by atoms with Crippen LogP contribution in [0.1, 0.15) is 13.8 Å². The van der Waals surface area contributed by atoms with Gasteiger partial charge in [-0.1, -0.05) is 26.0 Å². The monoisotopic (exact) mass is 184 g/mol. The van der Waals surface area contributed by atoms with Gasteiger partial charge in [0.15, 0.2) is 0 Å². The first-order chi connectivity index (χ1) is 4.68. The van der Waals surface area contributed by atoms with Gasteiger partial charge in [-0.15, -0.1) is 23.2 Å². The largest absolute Gasteiger partial charge is 0.392 e. The summed E-state index contributed by atoms with van der Waals surface area (Å²) in [4.78, 5) is 0. The number of aliphatic hydroxyl groups excluding tert-OH is 1. The van der Waals surface area contributed by atoms with Crippen molar-refractivity contribution in [2.24, 2.45) is 5.92 Å². The summed E-state index contributed by atoms with van der Waals surface area (Å²) in [5.41, 5.74) is 0. The van der Waals surface area contributed by atoms with E-state index in [1.807, 2.05) is 6.08 Å². The van der Waals surface area contributed by atoms with Crippen molar-refractivity contribution in [1.29, 1.82) is 0 Å². The van der Waals surface area contributed by atoms with Crippen LogP contribution in [0.3, 0.4) is 0 Å². The van der Waals surface area contributed by atoms with Crippen molar-refractivity contribution in [2.45, 2.75) is 13.8 Å². The predicted molar refractivity (Wildman–Crippen MR) is 47.6 cm³/mol. The van der Waals surface area contributed by atoms with Gasteiger partial charge >= 0.3 is 0 Å². The summed E-state index contributed by atoms with van der Waals surface area (Å²) >= 11 is 9.53. The highest BCUT2D eigenvalue weighted by Gasteiger charge is 1.78. The van der Waals surface area contributed by atoms with Gasteiger partial charge < -0.3 is 5.11 Å². The molecule has 0 radical (unpaired) electrons. The molecule has 1 nitrogen and oxygen atoms in total. The van der Waals surface area contributed by atoms with E-state index in [0.29, 0.717) is 5.92 Å². The van der Waals surface area contributed by atoms with E-state index in [0.717, 1.165) is 0 Å². The molecule has 0 saturated carbocycles. The number of alkyl halides is 2. The lowest BCUT2D eigenvalue weighted by Gasteiger charge is -1.88. The summed E-state index contributed by atoms with van der Waals surface area (Å²) in [5.74, 6) is 0.562. The molecule has 0 aromatic carbocycles. The van der Waals surface area contributed by atoms with Crippen LogP contribution >= 0.6 is 23.2 Å². The number of halogens is 2. The van der Waals surface area contributed by atoms with Crippen molar-refractivity contribution in [3.63, 3.8) is 0 Å². The van der Waals surface area contributed by atoms with Crippen LogP contribution in [0.2, 0.25) is 0 Å². The molecule has 0 aromatic rings. The Morgan fingerprint density at radius 2 is 1.80 bits per heavy atom. The minimum absolute atomic E-state index is 0.165. The first-order valence-electron chi connectivity index (χ1n) is 3.08. The summed E-state index contributed by atoms with van der Waals surface area (Å²) in [6.45, 7) is 4.32. The second-order valence-electron chi connectivity index (χ2n) is 1.96. The Morgan fingerprint density at radius 3 is 1.90 bits per heavy atom. The van der Waals surface area contributed by atoms with Gasteiger partial charge in [0, 0.05) is 0 Å². The predicted octanol–water partition coefficient (Wildman–Crippen LogP) is 2.61. The van der Waals surface area contributed by atoms with Gasteiger partial charge in [0.1, 0.15) is 0 Å². The van der Waals surface area contributed by atoms with Crippen molar-refractivity contribution < 1.29 is 5.11 Å². The van der Waals surface area contributed by atoms with Crippen molar-refractivity contribution in [3.05, 3.63) is 12.2 Å². The lowest BCUT2D eigenvalue weighted by Crippen LogP contribution is -1.78. The molecule has 0 amide bonds. The molecule has 0 aromatic heterocycles. The molecule has 0 unspecified atom stereocenters. The topological polar surface area (TPSA) is 20.2 Å². The molecule has 0 aliphatic rings. The molecule has 62 valence electrons. The van der Waals surface area contributed by atoms with E-state index < -0.39 is 0 Å². The molecule has 0 bridgehead atoms. The van der Waals surface area contributed by atoms with E-state index in [1.54, 1.807) is 6.08 Å². The molecule has 0 rings (SSSR count). The fourth-order valence-electron chi connectivity index (χ4n) is 0.333. The molecule has 0 spiro atoms. The second-order valence-corrected chi connectivity index (χ2v) is 2.76. The average molecular weight is 185 g/mol. The number of hydrogen-bond acceptors (Lipinski definition) is 1. The minimum atomic E-state index is 0.165. The standard InChI is InChI=1S/C6H12O.CH2Cl2/c1-6(2)4-3-5-7;2-1-3/h3-4,6-7H,5H2,1-2H3;1H2/b4-3+;. The van der Waals surface area contributed by atoms with E-state index in [2.05, 4.69) is 13.8 Å². The third-order valence-electron chi connectivity index (χ3n) is 0.626. The zero-order valence-electron chi connectivity index (χ0n) is 6.35. The molecule has 1 N–H and O–H groups in total. The van der Waals surface area contributed by atoms with Crippen LogP contribution in [-0.2, 0) is 0 Å². The number of allylic oxidation sites excluding steroid dienone is 1. The van der Waals surface area contributed by atoms with Crippen LogP contribution in [0.4, 0.5) is 0 Å². The fraction of sp³-hybridized carbons (Fsp3) is 0.714. The van der Waals surface area contributed by atoms with E-state index >= 15 is 0 Å². The molecule has 0 aliphatic carbocycles. The van der Waals surface area contributed by atoms with Gasteiger partial charge in [-0.25, -0.2) is 0 Å². The Labute approximate surface area is 72.6 Å². The maximum absolute atomic E-state index is 8.23. The second kappa shape index (κ2) is 12.0. The summed E-state index contributed by atoms with van der Waals surface area (Å²) in [6.07, 6.45) is 3.73. The molecule has 0 aliphatic heterocycles. The maximum atomic E-state index is 8.23. The molecule has 0 atom stereocenters. The van der Waals surface area contributed by atoms with E-state index in [9.17, 15) is 0 Å². The van der Waals surface area contributed by atoms with E-state index in [4.69, 9.17) is 28.3 Å². The molecule has 10 heavy (non-hydrogen) atoms. The van der Waals surface area contributed by atoms with Gasteiger partial charge in [0.05, 0.1) is 11.9 Å². The van der Waals surface area contributed by atoms with Gasteiger partial charge in [-0.3, -0.25) is 0 Å². The van der Waals surface area contributed by atoms with Crippen LogP contribution in [0.25, 0.3) is 0 Å². The summed E-state index contributed by atoms with van der Waals surface area (Å²) < 4.78 is 0. The number of rotatable bonds is 2. The molecular formula is C7H14Cl2O. The van der Waals surface area contributed by atoms with E-state index in [1.165, 1.54) is 0 Å². The van der Waals surface area contributed by atoms with Crippen molar-refractivity contribution in [1.82, 2.24) is 0 Å². The van der Waals surface area contributed by atoms with Crippen LogP contribution in [0.5, 0.6) is 0 Å². The Bertz CT molecular complexity index is 72.0. The van der Waals surface area contributed by atoms with Crippen molar-refractivity contribution in [2.75, 3.05) is 11.9 Å². The summed E-state index contributed by atoms with van der Waals surface area (Å²) in [6, 6.07) is 0. The Morgan fingerprint density at radius 1 is 1.40 bits per heavy atom. The Balaban J connectivity index is 0. The van der Waals surface area contributed by atoms with Gasteiger partial charge in [-0.2, -0.15) is 0 Å². The molecular weight excluding hydrogens is 171 g/mol. The third-order valence-corrected chi connectivity index (χ3v) is 0.626. The highest BCUT2D eigenvalue weighted by molar-refractivity contribution is 6.40. The SMILES string of the molecule is CC(C)/C=C/CO.ClCCl. The first-order valence-corrected chi connectivity index (χ1v) is 4.15. The first kappa shape index (κ1) is 12.9. The number of aliphatic hydroxyl groups is 1. The van der Waals surface area contributed by atoms with Gasteiger partial charge in [0.2, 0.25) is 0 Å². The fourth-order valence-corrected chi connectivity index (χ4v) is 0.333. The van der Waals surface area contributed by atoms with Crippen LogP contribution in [0, 0.1) is 5.92 Å². The molecule has 0 saturated heterocycles. The maximum Gasteiger partial charge on any atom is 0.0967 e. The minimum Gasteiger partial charge on any atom is -0.392 e. The zero-order chi connectivity index (χ0) is 8.41. The summed E-state index contributed by atoms with van der Waals surface area (Å²) in [5, 5.41) is 8.42. The van der Waals surface area contributed by atoms with Crippen LogP contribution < -0.4 is 0 Å². The molecule has 0 heterocycles. The third kappa shape index (κ3) is 24.0. The lowest BCUT2D eigenvalue weighted by molar-refractivity contribution is 0.342. The smallest absolute Gasteiger partial charge is 0.0967 e. The molecule has 3 heteroatoms. The Hall–Kier alpha value is 0.280. The lowest BCUT2D eigenvalue weighted by atomic mass is 10.2. The summed E-state index contributed by atoms with van der Waals surface area (Å²) in [7, 11) is 0. The van der Waals surface area contributed by atoms with Crippen molar-refractivity contribution in [3.8, 4) is 0 Å². The van der Waals surface area contributed by atoms with Crippen LogP contribution in [-0.4, -0.2) is 17.1 Å². The highest BCUT2D eigenvalue weighted by Crippen LogP contribution is 1.90. The average Bonchev–Trinajstić information content (AvgIpc) is 1.85. The number of hydrogen-bond donors (Lipinski definition) is 1. The van der Waals surface area contributed by atoms with E-state index in [-0.39, 0.29) is 11.9 Å². The van der Waals surface area contributed by atoms with Gasteiger partial charge in [-0.05, 0) is 5.92 Å². The zero-order valence-corrected chi connectivity index (χ0v) is 7.86. The highest BCUT2D eigenvalue weighted by atomic mass is 35.5. The normalized spacial score (nSPS) is 9.80. The molecule has 0 fully saturated rings. The van der Waals surface area contributed by atoms with Crippen molar-refractivity contribution >= 4 is 23.2 Å². The van der Waals surface area contributed by atoms with Gasteiger partial charge in [0.25, 0.3) is 0 Å². The quantitative estimate of drug-likeness (QED) is 0.517.